The van der Waals surface area contributed by atoms with E-state index in [1.165, 1.54) is 4.57 Å². The molecule has 0 aliphatic carbocycles. The van der Waals surface area contributed by atoms with Crippen LogP contribution in [0, 0.1) is 0 Å². The van der Waals surface area contributed by atoms with E-state index in [0.717, 1.165) is 22.9 Å². The van der Waals surface area contributed by atoms with Crippen LogP contribution in [0.3, 0.4) is 0 Å². The van der Waals surface area contributed by atoms with E-state index in [2.05, 4.69) is 46.1 Å². The minimum Gasteiger partial charge on any atom is -0.508 e. The summed E-state index contributed by atoms with van der Waals surface area (Å²) >= 11 is 0. The van der Waals surface area contributed by atoms with Crippen molar-refractivity contribution in [2.24, 2.45) is 0 Å². The molecule has 7 nitrogen and oxygen atoms in total. The van der Waals surface area contributed by atoms with Gasteiger partial charge in [0.25, 0.3) is 0 Å². The van der Waals surface area contributed by atoms with Gasteiger partial charge in [0.2, 0.25) is 0 Å². The molecule has 0 spiro atoms. The lowest BCUT2D eigenvalue weighted by molar-refractivity contribution is 0.176. The highest BCUT2D eigenvalue weighted by molar-refractivity contribution is 6.74. The molecule has 2 aromatic carbocycles. The molecule has 35 heavy (non-hydrogen) atoms. The van der Waals surface area contributed by atoms with E-state index in [4.69, 9.17) is 4.43 Å². The summed E-state index contributed by atoms with van der Waals surface area (Å²) in [6, 6.07) is 13.1. The maximum atomic E-state index is 11.3. The summed E-state index contributed by atoms with van der Waals surface area (Å²) in [5.41, 5.74) is 3.21. The number of benzene rings is 2. The van der Waals surface area contributed by atoms with Gasteiger partial charge in [-0.15, -0.1) is 0 Å². The van der Waals surface area contributed by atoms with Gasteiger partial charge >= 0.3 is 6.09 Å². The first-order chi connectivity index (χ1) is 16.3. The number of hydrogen-bond acceptors (Lipinski definition) is 5. The van der Waals surface area contributed by atoms with Crippen LogP contribution in [-0.4, -0.2) is 46.9 Å². The lowest BCUT2D eigenvalue weighted by Gasteiger charge is -2.40. The standard InChI is InChI=1S/C27H38N2O5Si/c1-18(13-19-7-9-23-20(14-19)11-12-29(23)26(32)33)28-16-25(34-35(5,6)27(2,3)4)21-8-10-24(31)22(15-21)17-30/h7-12,14-15,18,25,28,30-31H,13,16-17H2,1-6H3,(H,32,33)/t18-,25+/m1/s1. The Kier molecular flexibility index (Phi) is 8.11. The molecule has 0 saturated carbocycles. The lowest BCUT2D eigenvalue weighted by atomic mass is 10.0. The number of hydrogen-bond donors (Lipinski definition) is 4. The van der Waals surface area contributed by atoms with Crippen LogP contribution >= 0.6 is 0 Å². The van der Waals surface area contributed by atoms with E-state index >= 15 is 0 Å². The zero-order valence-corrected chi connectivity index (χ0v) is 22.5. The molecule has 3 rings (SSSR count). The van der Waals surface area contributed by atoms with Gasteiger partial charge in [-0.1, -0.05) is 32.9 Å². The number of nitrogens with zero attached hydrogens (tertiary/aromatic N) is 1. The first-order valence-electron chi connectivity index (χ1n) is 12.0. The number of aromatic hydroxyl groups is 1. The minimum absolute atomic E-state index is 0.0371. The normalized spacial score (nSPS) is 14.3. The summed E-state index contributed by atoms with van der Waals surface area (Å²) in [4.78, 5) is 11.3. The second kappa shape index (κ2) is 10.5. The van der Waals surface area contributed by atoms with Crippen LogP contribution in [-0.2, 0) is 17.5 Å². The molecule has 0 unspecified atom stereocenters. The second-order valence-corrected chi connectivity index (χ2v) is 15.5. The summed E-state index contributed by atoms with van der Waals surface area (Å²) in [5.74, 6) is 0.0794. The summed E-state index contributed by atoms with van der Waals surface area (Å²) in [7, 11) is -2.09. The summed E-state index contributed by atoms with van der Waals surface area (Å²) in [6.07, 6.45) is 1.13. The van der Waals surface area contributed by atoms with Crippen LogP contribution < -0.4 is 5.32 Å². The van der Waals surface area contributed by atoms with Crippen molar-refractivity contribution in [2.45, 2.75) is 71.0 Å². The van der Waals surface area contributed by atoms with E-state index in [1.54, 1.807) is 12.3 Å². The Hall–Kier alpha value is -2.65. The SMILES string of the molecule is C[C@H](Cc1ccc2c(ccn2C(=O)O)c1)NC[C@H](O[Si](C)(C)C(C)(C)C)c1ccc(O)c(CO)c1. The van der Waals surface area contributed by atoms with Crippen LogP contribution in [0.2, 0.25) is 18.1 Å². The number of phenols is 1. The molecular formula is C27H38N2O5Si. The molecule has 0 fully saturated rings. The molecule has 0 radical (unpaired) electrons. The van der Waals surface area contributed by atoms with Crippen LogP contribution in [0.15, 0.2) is 48.7 Å². The zero-order valence-electron chi connectivity index (χ0n) is 21.5. The van der Waals surface area contributed by atoms with Crippen LogP contribution in [0.4, 0.5) is 4.79 Å². The third-order valence-electron chi connectivity index (χ3n) is 7.04. The van der Waals surface area contributed by atoms with Gasteiger partial charge in [-0.25, -0.2) is 4.79 Å². The highest BCUT2D eigenvalue weighted by Crippen LogP contribution is 2.40. The van der Waals surface area contributed by atoms with E-state index in [0.29, 0.717) is 17.6 Å². The average molecular weight is 499 g/mol. The smallest absolute Gasteiger partial charge is 0.415 e. The van der Waals surface area contributed by atoms with Gasteiger partial charge in [-0.2, -0.15) is 0 Å². The van der Waals surface area contributed by atoms with Crippen molar-refractivity contribution in [3.05, 3.63) is 65.4 Å². The molecule has 0 amide bonds. The Balaban J connectivity index is 1.76. The zero-order chi connectivity index (χ0) is 26.0. The molecule has 0 aliphatic heterocycles. The highest BCUT2D eigenvalue weighted by Gasteiger charge is 2.39. The highest BCUT2D eigenvalue weighted by atomic mass is 28.4. The maximum absolute atomic E-state index is 11.3. The topological polar surface area (TPSA) is 104 Å². The predicted molar refractivity (Wildman–Crippen MR) is 142 cm³/mol. The Morgan fingerprint density at radius 2 is 1.86 bits per heavy atom. The average Bonchev–Trinajstić information content (AvgIpc) is 3.20. The number of nitrogens with one attached hydrogen (secondary N) is 1. The number of rotatable bonds is 9. The predicted octanol–water partition coefficient (Wildman–Crippen LogP) is 5.65. The number of aliphatic hydroxyl groups is 1. The molecule has 0 bridgehead atoms. The van der Waals surface area contributed by atoms with Crippen molar-refractivity contribution in [1.29, 1.82) is 0 Å². The molecule has 1 aromatic heterocycles. The molecule has 190 valence electrons. The first-order valence-corrected chi connectivity index (χ1v) is 14.9. The van der Waals surface area contributed by atoms with Crippen LogP contribution in [0.25, 0.3) is 10.9 Å². The fourth-order valence-electron chi connectivity index (χ4n) is 3.91. The summed E-state index contributed by atoms with van der Waals surface area (Å²) in [6.45, 7) is 13.5. The fourth-order valence-corrected chi connectivity index (χ4v) is 5.20. The quantitative estimate of drug-likeness (QED) is 0.284. The van der Waals surface area contributed by atoms with Crippen molar-refractivity contribution in [3.63, 3.8) is 0 Å². The van der Waals surface area contributed by atoms with Crippen molar-refractivity contribution in [3.8, 4) is 5.75 Å². The lowest BCUT2D eigenvalue weighted by Crippen LogP contribution is -2.44. The van der Waals surface area contributed by atoms with E-state index in [-0.39, 0.29) is 29.5 Å². The van der Waals surface area contributed by atoms with Crippen molar-refractivity contribution < 1.29 is 24.5 Å². The van der Waals surface area contributed by atoms with Gasteiger partial charge < -0.3 is 25.1 Å². The fraction of sp³-hybridized carbons (Fsp3) is 0.444. The molecule has 1 heterocycles. The van der Waals surface area contributed by atoms with Gasteiger partial charge in [-0.05, 0) is 72.9 Å². The van der Waals surface area contributed by atoms with Gasteiger partial charge in [0.05, 0.1) is 18.2 Å². The van der Waals surface area contributed by atoms with Gasteiger partial charge in [0, 0.05) is 29.7 Å². The third kappa shape index (κ3) is 6.32. The van der Waals surface area contributed by atoms with E-state index < -0.39 is 14.4 Å². The van der Waals surface area contributed by atoms with E-state index in [9.17, 15) is 20.1 Å². The molecule has 8 heteroatoms. The Morgan fingerprint density at radius 1 is 1.14 bits per heavy atom. The number of carboxylic acid groups (broad SMARTS) is 1. The van der Waals surface area contributed by atoms with Gasteiger partial charge in [-0.3, -0.25) is 4.57 Å². The molecule has 0 saturated heterocycles. The summed E-state index contributed by atoms with van der Waals surface area (Å²) in [5, 5.41) is 33.5. The Morgan fingerprint density at radius 3 is 2.49 bits per heavy atom. The van der Waals surface area contributed by atoms with Crippen molar-refractivity contribution >= 4 is 25.3 Å². The second-order valence-electron chi connectivity index (χ2n) is 10.8. The third-order valence-corrected chi connectivity index (χ3v) is 11.5. The van der Waals surface area contributed by atoms with Gasteiger partial charge in [0.15, 0.2) is 8.32 Å². The molecule has 0 aliphatic rings. The molecule has 2 atom stereocenters. The Labute approximate surface area is 208 Å². The number of carbonyl (C=O) groups is 1. The number of aromatic nitrogens is 1. The minimum atomic E-state index is -2.09. The number of fused-ring (bicyclic) bond motifs is 1. The maximum Gasteiger partial charge on any atom is 0.415 e. The van der Waals surface area contributed by atoms with Gasteiger partial charge in [0.1, 0.15) is 5.75 Å². The monoisotopic (exact) mass is 498 g/mol. The molecular weight excluding hydrogens is 460 g/mol. The largest absolute Gasteiger partial charge is 0.508 e. The Bertz CT molecular complexity index is 1180. The van der Waals surface area contributed by atoms with E-state index in [1.807, 2.05) is 36.4 Å². The van der Waals surface area contributed by atoms with Crippen molar-refractivity contribution in [2.75, 3.05) is 6.54 Å². The molecule has 4 N–H and O–H groups in total. The molecule has 3 aromatic rings. The summed E-state index contributed by atoms with van der Waals surface area (Å²) < 4.78 is 7.99. The first kappa shape index (κ1) is 26.9. The van der Waals surface area contributed by atoms with Crippen LogP contribution in [0.1, 0.15) is 50.5 Å². The number of aliphatic hydroxyl groups excluding tert-OH is 1. The van der Waals surface area contributed by atoms with Crippen LogP contribution in [0.5, 0.6) is 5.75 Å². The van der Waals surface area contributed by atoms with Crippen molar-refractivity contribution in [1.82, 2.24) is 9.88 Å².